The van der Waals surface area contributed by atoms with E-state index >= 15 is 0 Å². The molecule has 0 fully saturated rings. The molecular weight excluding hydrogens is 389 g/mol. The highest BCUT2D eigenvalue weighted by molar-refractivity contribution is 7.89. The highest BCUT2D eigenvalue weighted by Gasteiger charge is 2.27. The van der Waals surface area contributed by atoms with E-state index < -0.39 is 26.5 Å². The predicted molar refractivity (Wildman–Crippen MR) is 100 cm³/mol. The van der Waals surface area contributed by atoms with Crippen molar-refractivity contribution in [2.45, 2.75) is 4.90 Å². The molecule has 2 aromatic carbocycles. The third-order valence-electron chi connectivity index (χ3n) is 3.19. The number of phenolic OH excluding ortho intramolecular Hbond substituents is 1. The van der Waals surface area contributed by atoms with Crippen LogP contribution in [-0.2, 0) is 10.0 Å². The molecule has 0 radical (unpaired) electrons. The first-order valence-corrected chi connectivity index (χ1v) is 9.13. The standard InChI is InChI=1S/C15H15ClFN3O3S2/c1-20(2)25(22,23)14-9(16)7-8-12(13(14)21)19-15(24)18-11-6-4-3-5-10(11)17/h3-8,21H,1-2H3,(H2,18,19,24). The van der Waals surface area contributed by atoms with Crippen molar-refractivity contribution in [1.29, 1.82) is 0 Å². The summed E-state index contributed by atoms with van der Waals surface area (Å²) >= 11 is 11.0. The number of benzene rings is 2. The van der Waals surface area contributed by atoms with Gasteiger partial charge < -0.3 is 15.7 Å². The van der Waals surface area contributed by atoms with Gasteiger partial charge in [0, 0.05) is 14.1 Å². The number of nitrogens with one attached hydrogen (secondary N) is 2. The van der Waals surface area contributed by atoms with Gasteiger partial charge in [0.2, 0.25) is 10.0 Å². The monoisotopic (exact) mass is 403 g/mol. The summed E-state index contributed by atoms with van der Waals surface area (Å²) < 4.78 is 39.2. The second kappa shape index (κ2) is 7.52. The fourth-order valence-electron chi connectivity index (χ4n) is 1.91. The maximum absolute atomic E-state index is 13.6. The zero-order valence-electron chi connectivity index (χ0n) is 13.2. The molecule has 0 spiro atoms. The van der Waals surface area contributed by atoms with Crippen LogP contribution < -0.4 is 10.6 Å². The molecule has 0 heterocycles. The number of para-hydroxylation sites is 1. The molecule has 0 aliphatic rings. The Morgan fingerprint density at radius 3 is 2.36 bits per heavy atom. The number of aromatic hydroxyl groups is 1. The van der Waals surface area contributed by atoms with Crippen LogP contribution >= 0.6 is 23.8 Å². The van der Waals surface area contributed by atoms with Crippen molar-refractivity contribution >= 4 is 50.3 Å². The average molecular weight is 404 g/mol. The fourth-order valence-corrected chi connectivity index (χ4v) is 3.61. The van der Waals surface area contributed by atoms with E-state index in [0.29, 0.717) is 0 Å². The number of anilines is 2. The molecule has 25 heavy (non-hydrogen) atoms. The van der Waals surface area contributed by atoms with Gasteiger partial charge in [0.25, 0.3) is 0 Å². The molecule has 0 aliphatic carbocycles. The number of phenols is 1. The number of nitrogens with zero attached hydrogens (tertiary/aromatic N) is 1. The summed E-state index contributed by atoms with van der Waals surface area (Å²) in [4.78, 5) is -0.446. The van der Waals surface area contributed by atoms with E-state index in [-0.39, 0.29) is 21.5 Å². The molecule has 0 aromatic heterocycles. The van der Waals surface area contributed by atoms with Gasteiger partial charge in [0.15, 0.2) is 10.9 Å². The van der Waals surface area contributed by atoms with E-state index in [2.05, 4.69) is 10.6 Å². The molecule has 10 heteroatoms. The molecule has 0 amide bonds. The number of rotatable bonds is 4. The van der Waals surface area contributed by atoms with Crippen LogP contribution in [0.25, 0.3) is 0 Å². The topological polar surface area (TPSA) is 81.7 Å². The molecule has 2 rings (SSSR count). The van der Waals surface area contributed by atoms with Gasteiger partial charge in [-0.15, -0.1) is 0 Å². The summed E-state index contributed by atoms with van der Waals surface area (Å²) in [5.74, 6) is -1.10. The number of hydrogen-bond donors (Lipinski definition) is 3. The minimum atomic E-state index is -3.97. The lowest BCUT2D eigenvalue weighted by atomic mass is 10.3. The summed E-state index contributed by atoms with van der Waals surface area (Å²) in [7, 11) is -1.34. The van der Waals surface area contributed by atoms with Crippen molar-refractivity contribution in [3.63, 3.8) is 0 Å². The van der Waals surface area contributed by atoms with E-state index in [4.69, 9.17) is 23.8 Å². The quantitative estimate of drug-likeness (QED) is 0.537. The van der Waals surface area contributed by atoms with Crippen molar-refractivity contribution in [3.8, 4) is 5.75 Å². The fraction of sp³-hybridized carbons (Fsp3) is 0.133. The first-order chi connectivity index (χ1) is 11.6. The van der Waals surface area contributed by atoms with Crippen LogP contribution in [-0.4, -0.2) is 37.0 Å². The van der Waals surface area contributed by atoms with Crippen LogP contribution in [0.15, 0.2) is 41.3 Å². The molecular formula is C15H15ClFN3O3S2. The van der Waals surface area contributed by atoms with E-state index in [1.807, 2.05) is 0 Å². The molecule has 134 valence electrons. The van der Waals surface area contributed by atoms with Gasteiger partial charge in [-0.2, -0.15) is 0 Å². The molecule has 3 N–H and O–H groups in total. The minimum absolute atomic E-state index is 0.0127. The zero-order valence-corrected chi connectivity index (χ0v) is 15.6. The number of sulfonamides is 1. The third kappa shape index (κ3) is 4.18. The van der Waals surface area contributed by atoms with Crippen LogP contribution in [0.3, 0.4) is 0 Å². The van der Waals surface area contributed by atoms with Crippen LogP contribution in [0.4, 0.5) is 15.8 Å². The SMILES string of the molecule is CN(C)S(=O)(=O)c1c(Cl)ccc(NC(=S)Nc2ccccc2F)c1O. The summed E-state index contributed by atoms with van der Waals surface area (Å²) in [6.45, 7) is 0. The second-order valence-electron chi connectivity index (χ2n) is 5.12. The van der Waals surface area contributed by atoms with Crippen molar-refractivity contribution in [1.82, 2.24) is 4.31 Å². The Morgan fingerprint density at radius 1 is 1.16 bits per heavy atom. The lowest BCUT2D eigenvalue weighted by Crippen LogP contribution is -2.24. The molecule has 0 unspecified atom stereocenters. The summed E-state index contributed by atoms with van der Waals surface area (Å²) in [6.07, 6.45) is 0. The molecule has 0 saturated heterocycles. The van der Waals surface area contributed by atoms with Crippen LogP contribution in [0.5, 0.6) is 5.75 Å². The Morgan fingerprint density at radius 2 is 1.76 bits per heavy atom. The Balaban J connectivity index is 2.32. The predicted octanol–water partition coefficient (Wildman–Crippen LogP) is 3.24. The minimum Gasteiger partial charge on any atom is -0.504 e. The second-order valence-corrected chi connectivity index (χ2v) is 8.02. The largest absolute Gasteiger partial charge is 0.504 e. The van der Waals surface area contributed by atoms with E-state index in [1.54, 1.807) is 6.07 Å². The number of thiocarbonyl (C=S) groups is 1. The van der Waals surface area contributed by atoms with Crippen molar-refractivity contribution in [3.05, 3.63) is 47.2 Å². The normalized spacial score (nSPS) is 11.4. The lowest BCUT2D eigenvalue weighted by Gasteiger charge is -2.17. The zero-order chi connectivity index (χ0) is 18.8. The van der Waals surface area contributed by atoms with Gasteiger partial charge in [-0.05, 0) is 36.5 Å². The highest BCUT2D eigenvalue weighted by Crippen LogP contribution is 2.38. The lowest BCUT2D eigenvalue weighted by molar-refractivity contribution is 0.455. The molecule has 6 nitrogen and oxygen atoms in total. The van der Waals surface area contributed by atoms with Crippen molar-refractivity contribution < 1.29 is 17.9 Å². The van der Waals surface area contributed by atoms with Gasteiger partial charge in [0.1, 0.15) is 10.7 Å². The van der Waals surface area contributed by atoms with Crippen LogP contribution in [0, 0.1) is 5.82 Å². The Bertz CT molecular complexity index is 920. The first-order valence-electron chi connectivity index (χ1n) is 6.91. The van der Waals surface area contributed by atoms with E-state index in [9.17, 15) is 17.9 Å². The summed E-state index contributed by atoms with van der Waals surface area (Å²) in [5.41, 5.74) is 0.147. The Labute approximate surface area is 155 Å². The maximum atomic E-state index is 13.6. The summed E-state index contributed by atoms with van der Waals surface area (Å²) in [6, 6.07) is 8.56. The molecule has 2 aromatic rings. The molecule has 0 bridgehead atoms. The molecule has 0 atom stereocenters. The Kier molecular flexibility index (Phi) is 5.83. The van der Waals surface area contributed by atoms with Crippen LogP contribution in [0.1, 0.15) is 0 Å². The number of hydrogen-bond acceptors (Lipinski definition) is 4. The third-order valence-corrected chi connectivity index (χ3v) is 5.71. The van der Waals surface area contributed by atoms with Crippen molar-refractivity contribution in [2.75, 3.05) is 24.7 Å². The average Bonchev–Trinajstić information content (AvgIpc) is 2.52. The molecule has 0 saturated carbocycles. The van der Waals surface area contributed by atoms with E-state index in [0.717, 1.165) is 4.31 Å². The smallest absolute Gasteiger partial charge is 0.247 e. The number of halogens is 2. The Hall–Kier alpha value is -1.94. The van der Waals surface area contributed by atoms with Gasteiger partial charge in [0.05, 0.1) is 16.4 Å². The van der Waals surface area contributed by atoms with E-state index in [1.165, 1.54) is 44.4 Å². The summed E-state index contributed by atoms with van der Waals surface area (Å²) in [5, 5.41) is 15.4. The van der Waals surface area contributed by atoms with Gasteiger partial charge in [-0.25, -0.2) is 17.1 Å². The van der Waals surface area contributed by atoms with Gasteiger partial charge >= 0.3 is 0 Å². The maximum Gasteiger partial charge on any atom is 0.247 e. The van der Waals surface area contributed by atoms with Gasteiger partial charge in [-0.3, -0.25) is 0 Å². The first kappa shape index (κ1) is 19.4. The molecule has 0 aliphatic heterocycles. The van der Waals surface area contributed by atoms with Crippen LogP contribution in [0.2, 0.25) is 5.02 Å². The highest BCUT2D eigenvalue weighted by atomic mass is 35.5. The van der Waals surface area contributed by atoms with Gasteiger partial charge in [-0.1, -0.05) is 23.7 Å². The van der Waals surface area contributed by atoms with Crippen molar-refractivity contribution in [2.24, 2.45) is 0 Å².